The zero-order valence-electron chi connectivity index (χ0n) is 14.1. The molecule has 4 aromatic rings. The second kappa shape index (κ2) is 7.68. The molecule has 1 atom stereocenters. The first kappa shape index (κ1) is 16.8. The number of rotatable bonds is 7. The predicted molar refractivity (Wildman–Crippen MR) is 104 cm³/mol. The lowest BCUT2D eigenvalue weighted by Gasteiger charge is -2.16. The van der Waals surface area contributed by atoms with Crippen LogP contribution >= 0.6 is 11.3 Å². The van der Waals surface area contributed by atoms with Gasteiger partial charge in [-0.2, -0.15) is 11.3 Å². The molecule has 0 fully saturated rings. The first-order valence-corrected chi connectivity index (χ1v) is 9.44. The minimum Gasteiger partial charge on any atom is -0.469 e. The second-order valence-corrected chi connectivity index (χ2v) is 6.92. The van der Waals surface area contributed by atoms with Gasteiger partial charge in [-0.15, -0.1) is 0 Å². The average Bonchev–Trinajstić information content (AvgIpc) is 3.38. The van der Waals surface area contributed by atoms with Gasteiger partial charge >= 0.3 is 0 Å². The lowest BCUT2D eigenvalue weighted by molar-refractivity contribution is 0.226. The number of anilines is 1. The maximum Gasteiger partial charge on any atom is 0.162 e. The van der Waals surface area contributed by atoms with Crippen molar-refractivity contribution in [1.82, 2.24) is 9.97 Å². The van der Waals surface area contributed by atoms with Crippen molar-refractivity contribution in [3.8, 4) is 11.4 Å². The van der Waals surface area contributed by atoms with Crippen LogP contribution in [0.2, 0.25) is 0 Å². The molecule has 0 bridgehead atoms. The molecule has 0 aliphatic rings. The Balaban J connectivity index is 1.60. The van der Waals surface area contributed by atoms with Crippen LogP contribution in [0.5, 0.6) is 0 Å². The molecule has 4 rings (SSSR count). The highest BCUT2D eigenvalue weighted by atomic mass is 32.1. The van der Waals surface area contributed by atoms with E-state index in [2.05, 4.69) is 10.3 Å². The van der Waals surface area contributed by atoms with E-state index >= 15 is 0 Å². The van der Waals surface area contributed by atoms with Gasteiger partial charge in [0.15, 0.2) is 5.82 Å². The standard InChI is InChI=1S/C20H19N3O2S/c24-12-14(10-16-4-3-8-25-16)11-21-20-17-5-1-2-6-18(17)22-19(23-20)15-7-9-26-13-15/h1-9,13-14,24H,10-12H2,(H,21,22,23)/t14-/m0/s1. The Kier molecular flexibility index (Phi) is 4.95. The van der Waals surface area contributed by atoms with E-state index < -0.39 is 0 Å². The Morgan fingerprint density at radius 1 is 1.12 bits per heavy atom. The molecule has 0 radical (unpaired) electrons. The maximum absolute atomic E-state index is 9.71. The summed E-state index contributed by atoms with van der Waals surface area (Å²) in [5, 5.41) is 18.1. The van der Waals surface area contributed by atoms with Crippen molar-refractivity contribution in [3.63, 3.8) is 0 Å². The summed E-state index contributed by atoms with van der Waals surface area (Å²) in [7, 11) is 0. The summed E-state index contributed by atoms with van der Waals surface area (Å²) in [6.07, 6.45) is 2.33. The van der Waals surface area contributed by atoms with Gasteiger partial charge in [-0.3, -0.25) is 0 Å². The highest BCUT2D eigenvalue weighted by molar-refractivity contribution is 7.08. The highest BCUT2D eigenvalue weighted by Crippen LogP contribution is 2.26. The number of para-hydroxylation sites is 1. The SMILES string of the molecule is OC[C@H](CNc1nc(-c2ccsc2)nc2ccccc12)Cc1ccco1. The Hall–Kier alpha value is -2.70. The van der Waals surface area contributed by atoms with Crippen LogP contribution in [0.3, 0.4) is 0 Å². The lowest BCUT2D eigenvalue weighted by atomic mass is 10.1. The number of aliphatic hydroxyl groups is 1. The smallest absolute Gasteiger partial charge is 0.162 e. The third-order valence-corrected chi connectivity index (χ3v) is 4.95. The van der Waals surface area contributed by atoms with Crippen LogP contribution in [0.4, 0.5) is 5.82 Å². The van der Waals surface area contributed by atoms with Crippen molar-refractivity contribution >= 4 is 28.1 Å². The van der Waals surface area contributed by atoms with Gasteiger partial charge in [0.05, 0.1) is 11.8 Å². The molecule has 0 saturated carbocycles. The van der Waals surface area contributed by atoms with Gasteiger partial charge in [0, 0.05) is 41.8 Å². The minimum atomic E-state index is 0.0412. The van der Waals surface area contributed by atoms with Crippen molar-refractivity contribution in [2.75, 3.05) is 18.5 Å². The van der Waals surface area contributed by atoms with E-state index in [0.717, 1.165) is 28.0 Å². The monoisotopic (exact) mass is 365 g/mol. The molecule has 1 aromatic carbocycles. The third-order valence-electron chi connectivity index (χ3n) is 4.27. The Bertz CT molecular complexity index is 968. The number of benzene rings is 1. The molecule has 26 heavy (non-hydrogen) atoms. The van der Waals surface area contributed by atoms with Crippen molar-refractivity contribution < 1.29 is 9.52 Å². The number of aliphatic hydroxyl groups excluding tert-OH is 1. The molecule has 0 spiro atoms. The molecule has 3 heterocycles. The molecule has 6 heteroatoms. The Morgan fingerprint density at radius 2 is 2.04 bits per heavy atom. The average molecular weight is 365 g/mol. The van der Waals surface area contributed by atoms with Gasteiger partial charge in [0.1, 0.15) is 11.6 Å². The molecule has 0 saturated heterocycles. The van der Waals surface area contributed by atoms with E-state index in [-0.39, 0.29) is 12.5 Å². The van der Waals surface area contributed by atoms with E-state index in [0.29, 0.717) is 18.8 Å². The highest BCUT2D eigenvalue weighted by Gasteiger charge is 2.14. The fourth-order valence-electron chi connectivity index (χ4n) is 2.89. The third kappa shape index (κ3) is 3.61. The predicted octanol–water partition coefficient (Wildman–Crippen LogP) is 4.21. The van der Waals surface area contributed by atoms with Crippen LogP contribution in [0.15, 0.2) is 63.9 Å². The summed E-state index contributed by atoms with van der Waals surface area (Å²) in [5.74, 6) is 2.41. The van der Waals surface area contributed by atoms with Gasteiger partial charge in [-0.05, 0) is 35.7 Å². The Morgan fingerprint density at radius 3 is 2.81 bits per heavy atom. The van der Waals surface area contributed by atoms with Crippen LogP contribution in [0, 0.1) is 5.92 Å². The van der Waals surface area contributed by atoms with Crippen molar-refractivity contribution in [2.45, 2.75) is 6.42 Å². The van der Waals surface area contributed by atoms with Gasteiger partial charge in [0.2, 0.25) is 0 Å². The molecule has 0 unspecified atom stereocenters. The first-order chi connectivity index (χ1) is 12.8. The molecule has 5 nitrogen and oxygen atoms in total. The molecule has 2 N–H and O–H groups in total. The summed E-state index contributed by atoms with van der Waals surface area (Å²) >= 11 is 1.63. The molecule has 3 aromatic heterocycles. The van der Waals surface area contributed by atoms with E-state index in [1.165, 1.54) is 0 Å². The van der Waals surface area contributed by atoms with Crippen molar-refractivity contribution in [2.24, 2.45) is 5.92 Å². The zero-order chi connectivity index (χ0) is 17.8. The number of thiophene rings is 1. The molecule has 132 valence electrons. The fourth-order valence-corrected chi connectivity index (χ4v) is 3.52. The molecule has 0 aliphatic heterocycles. The minimum absolute atomic E-state index is 0.0412. The molecular formula is C20H19N3O2S. The number of hydrogen-bond donors (Lipinski definition) is 2. The Labute approximate surface area is 155 Å². The van der Waals surface area contributed by atoms with Crippen LogP contribution in [0.1, 0.15) is 5.76 Å². The number of aromatic nitrogens is 2. The lowest BCUT2D eigenvalue weighted by Crippen LogP contribution is -2.21. The van der Waals surface area contributed by atoms with Crippen LogP contribution in [-0.4, -0.2) is 28.2 Å². The van der Waals surface area contributed by atoms with Crippen molar-refractivity contribution in [3.05, 3.63) is 65.2 Å². The van der Waals surface area contributed by atoms with E-state index in [9.17, 15) is 5.11 Å². The van der Waals surface area contributed by atoms with Gasteiger partial charge in [-0.1, -0.05) is 12.1 Å². The number of furan rings is 1. The number of hydrogen-bond acceptors (Lipinski definition) is 6. The van der Waals surface area contributed by atoms with E-state index in [4.69, 9.17) is 9.40 Å². The summed E-state index contributed by atoms with van der Waals surface area (Å²) in [5.41, 5.74) is 1.91. The summed E-state index contributed by atoms with van der Waals surface area (Å²) < 4.78 is 5.39. The first-order valence-electron chi connectivity index (χ1n) is 8.50. The number of fused-ring (bicyclic) bond motifs is 1. The summed E-state index contributed by atoms with van der Waals surface area (Å²) in [4.78, 5) is 9.40. The van der Waals surface area contributed by atoms with E-state index in [1.807, 2.05) is 53.2 Å². The van der Waals surface area contributed by atoms with Gasteiger partial charge < -0.3 is 14.8 Å². The number of nitrogens with one attached hydrogen (secondary N) is 1. The van der Waals surface area contributed by atoms with Crippen LogP contribution < -0.4 is 5.32 Å². The summed E-state index contributed by atoms with van der Waals surface area (Å²) in [6, 6.07) is 13.8. The normalized spacial score (nSPS) is 12.3. The zero-order valence-corrected chi connectivity index (χ0v) is 14.9. The second-order valence-electron chi connectivity index (χ2n) is 6.14. The maximum atomic E-state index is 9.71. The molecule has 0 amide bonds. The molecule has 0 aliphatic carbocycles. The van der Waals surface area contributed by atoms with Gasteiger partial charge in [-0.25, -0.2) is 9.97 Å². The summed E-state index contributed by atoms with van der Waals surface area (Å²) in [6.45, 7) is 0.676. The van der Waals surface area contributed by atoms with Crippen LogP contribution in [0.25, 0.3) is 22.3 Å². The van der Waals surface area contributed by atoms with Crippen molar-refractivity contribution in [1.29, 1.82) is 0 Å². The topological polar surface area (TPSA) is 71.2 Å². The number of nitrogens with zero attached hydrogens (tertiary/aromatic N) is 2. The van der Waals surface area contributed by atoms with Crippen LogP contribution in [-0.2, 0) is 6.42 Å². The van der Waals surface area contributed by atoms with Gasteiger partial charge in [0.25, 0.3) is 0 Å². The van der Waals surface area contributed by atoms with E-state index in [1.54, 1.807) is 17.6 Å². The fraction of sp³-hybridized carbons (Fsp3) is 0.200. The largest absolute Gasteiger partial charge is 0.469 e. The quantitative estimate of drug-likeness (QED) is 0.513. The molecular weight excluding hydrogens is 346 g/mol.